The molecule has 3 rings (SSSR count). The van der Waals surface area contributed by atoms with E-state index in [-0.39, 0.29) is 12.1 Å². The zero-order valence-electron chi connectivity index (χ0n) is 21.3. The van der Waals surface area contributed by atoms with Crippen molar-refractivity contribution in [3.8, 4) is 21.8 Å². The molecule has 0 aliphatic rings. The van der Waals surface area contributed by atoms with Gasteiger partial charge in [-0.25, -0.2) is 19.7 Å². The van der Waals surface area contributed by atoms with Crippen molar-refractivity contribution >= 4 is 28.4 Å². The van der Waals surface area contributed by atoms with E-state index < -0.39 is 0 Å². The predicted octanol–water partition coefficient (Wildman–Crippen LogP) is 4.44. The van der Waals surface area contributed by atoms with Crippen LogP contribution in [0.2, 0.25) is 0 Å². The maximum atomic E-state index is 12.1. The van der Waals surface area contributed by atoms with Crippen LogP contribution in [0.3, 0.4) is 0 Å². The quantitative estimate of drug-likeness (QED) is 0.311. The maximum Gasteiger partial charge on any atom is 0.315 e. The Hall–Kier alpha value is -3.24. The predicted molar refractivity (Wildman–Crippen MR) is 145 cm³/mol. The van der Waals surface area contributed by atoms with E-state index in [1.165, 1.54) is 0 Å². The van der Waals surface area contributed by atoms with Crippen LogP contribution >= 0.6 is 11.3 Å². The van der Waals surface area contributed by atoms with Gasteiger partial charge in [-0.05, 0) is 53.4 Å². The molecule has 35 heavy (non-hydrogen) atoms. The van der Waals surface area contributed by atoms with Crippen molar-refractivity contribution in [2.75, 3.05) is 44.4 Å². The van der Waals surface area contributed by atoms with E-state index in [0.717, 1.165) is 45.6 Å². The molecular weight excluding hydrogens is 460 g/mol. The van der Waals surface area contributed by atoms with Crippen LogP contribution in [0.5, 0.6) is 0 Å². The lowest BCUT2D eigenvalue weighted by atomic mass is 9.98. The van der Waals surface area contributed by atoms with Gasteiger partial charge in [-0.2, -0.15) is 0 Å². The fourth-order valence-corrected chi connectivity index (χ4v) is 4.40. The summed E-state index contributed by atoms with van der Waals surface area (Å²) in [4.78, 5) is 29.3. The molecule has 0 saturated heterocycles. The van der Waals surface area contributed by atoms with Gasteiger partial charge in [-0.3, -0.25) is 0 Å². The van der Waals surface area contributed by atoms with E-state index in [1.807, 2.05) is 64.5 Å². The third-order valence-corrected chi connectivity index (χ3v) is 6.08. The number of thiazole rings is 1. The molecule has 2 heterocycles. The van der Waals surface area contributed by atoms with Gasteiger partial charge in [-0.1, -0.05) is 35.6 Å². The number of carbonyl (C=O) groups is 1. The van der Waals surface area contributed by atoms with Crippen LogP contribution in [0.4, 0.5) is 15.9 Å². The number of hydrogen-bond acceptors (Lipinski definition) is 8. The minimum absolute atomic E-state index is 0.195. The highest BCUT2D eigenvalue weighted by molar-refractivity contribution is 7.18. The lowest BCUT2D eigenvalue weighted by molar-refractivity contribution is 0.238. The molecule has 0 spiro atoms. The fraction of sp³-hybridized carbons (Fsp3) is 0.440. The molecule has 0 saturated carbocycles. The monoisotopic (exact) mass is 496 g/mol. The fourth-order valence-electron chi connectivity index (χ4n) is 3.48. The number of benzene rings is 1. The summed E-state index contributed by atoms with van der Waals surface area (Å²) in [5.74, 6) is 0.560. The molecule has 2 amide bonds. The first-order chi connectivity index (χ1) is 16.8. The van der Waals surface area contributed by atoms with E-state index in [4.69, 9.17) is 9.97 Å². The van der Waals surface area contributed by atoms with Gasteiger partial charge < -0.3 is 26.2 Å². The summed E-state index contributed by atoms with van der Waals surface area (Å²) in [6.07, 6.45) is 1.84. The minimum atomic E-state index is -0.202. The second kappa shape index (κ2) is 12.5. The van der Waals surface area contributed by atoms with Crippen molar-refractivity contribution in [2.24, 2.45) is 0 Å². The number of amides is 2. The second-order valence-electron chi connectivity index (χ2n) is 8.83. The molecule has 1 aromatic carbocycles. The number of anilines is 2. The lowest BCUT2D eigenvalue weighted by Gasteiger charge is -2.19. The van der Waals surface area contributed by atoms with Crippen molar-refractivity contribution in [3.05, 3.63) is 42.1 Å². The topological polar surface area (TPSA) is 107 Å². The van der Waals surface area contributed by atoms with Crippen molar-refractivity contribution < 1.29 is 4.79 Å². The summed E-state index contributed by atoms with van der Waals surface area (Å²) < 4.78 is 0. The van der Waals surface area contributed by atoms with Gasteiger partial charge in [0, 0.05) is 37.4 Å². The van der Waals surface area contributed by atoms with Crippen LogP contribution in [-0.2, 0) is 0 Å². The number of likely N-dealkylation sites (N-methyl/N-ethyl adjacent to an activating group) is 1. The van der Waals surface area contributed by atoms with E-state index in [9.17, 15) is 4.79 Å². The normalized spacial score (nSPS) is 12.0. The first kappa shape index (κ1) is 26.4. The zero-order valence-corrected chi connectivity index (χ0v) is 22.2. The van der Waals surface area contributed by atoms with Crippen LogP contribution in [0.25, 0.3) is 21.8 Å². The van der Waals surface area contributed by atoms with Crippen LogP contribution in [0.1, 0.15) is 39.3 Å². The Morgan fingerprint density at radius 3 is 2.57 bits per heavy atom. The van der Waals surface area contributed by atoms with Crippen LogP contribution in [0.15, 0.2) is 36.5 Å². The number of aromatic nitrogens is 3. The number of hydrogen-bond donors (Lipinski definition) is 4. The van der Waals surface area contributed by atoms with Crippen LogP contribution < -0.4 is 21.3 Å². The second-order valence-corrected chi connectivity index (χ2v) is 9.86. The van der Waals surface area contributed by atoms with Gasteiger partial charge in [0.15, 0.2) is 5.13 Å². The van der Waals surface area contributed by atoms with Crippen LogP contribution in [0, 0.1) is 0 Å². The Morgan fingerprint density at radius 2 is 1.86 bits per heavy atom. The largest absolute Gasteiger partial charge is 0.359 e. The molecule has 4 N–H and O–H groups in total. The molecule has 188 valence electrons. The van der Waals surface area contributed by atoms with Gasteiger partial charge in [-0.15, -0.1) is 0 Å². The van der Waals surface area contributed by atoms with Crippen LogP contribution in [-0.4, -0.2) is 65.7 Å². The van der Waals surface area contributed by atoms with E-state index in [1.54, 1.807) is 11.3 Å². The third kappa shape index (κ3) is 7.63. The van der Waals surface area contributed by atoms with E-state index in [0.29, 0.717) is 18.5 Å². The molecular formula is C25H36N8OS. The minimum Gasteiger partial charge on any atom is -0.359 e. The Labute approximate surface area is 211 Å². The lowest BCUT2D eigenvalue weighted by Crippen LogP contribution is -2.36. The number of urea groups is 1. The summed E-state index contributed by atoms with van der Waals surface area (Å²) in [5, 5.41) is 13.4. The molecule has 0 aliphatic heterocycles. The number of nitrogens with one attached hydrogen (secondary N) is 4. The molecule has 1 atom stereocenters. The summed E-state index contributed by atoms with van der Waals surface area (Å²) >= 11 is 1.57. The Bertz CT molecular complexity index is 1110. The molecule has 9 nitrogen and oxygen atoms in total. The highest BCUT2D eigenvalue weighted by atomic mass is 32.1. The van der Waals surface area contributed by atoms with Crippen molar-refractivity contribution in [2.45, 2.75) is 39.8 Å². The van der Waals surface area contributed by atoms with Gasteiger partial charge >= 0.3 is 6.03 Å². The summed E-state index contributed by atoms with van der Waals surface area (Å²) in [7, 11) is 4.06. The first-order valence-electron chi connectivity index (χ1n) is 11.9. The maximum absolute atomic E-state index is 12.1. The summed E-state index contributed by atoms with van der Waals surface area (Å²) in [5.41, 5.74) is 3.51. The van der Waals surface area contributed by atoms with Crippen molar-refractivity contribution in [3.63, 3.8) is 0 Å². The molecule has 0 fully saturated rings. The molecule has 0 radical (unpaired) electrons. The summed E-state index contributed by atoms with van der Waals surface area (Å²) in [6, 6.07) is 9.89. The van der Waals surface area contributed by atoms with E-state index >= 15 is 0 Å². The summed E-state index contributed by atoms with van der Waals surface area (Å²) in [6.45, 7) is 10.2. The Balaban J connectivity index is 2.00. The van der Waals surface area contributed by atoms with Gasteiger partial charge in [0.05, 0.1) is 22.3 Å². The van der Waals surface area contributed by atoms with Crippen molar-refractivity contribution in [1.29, 1.82) is 0 Å². The van der Waals surface area contributed by atoms with Gasteiger partial charge in [0.1, 0.15) is 0 Å². The Morgan fingerprint density at radius 1 is 1.11 bits per heavy atom. The molecule has 2 aromatic heterocycles. The molecule has 0 aliphatic carbocycles. The number of carbonyl (C=O) groups excluding carboxylic acids is 1. The number of nitrogens with zero attached hydrogens (tertiary/aromatic N) is 4. The van der Waals surface area contributed by atoms with E-state index in [2.05, 4.69) is 45.0 Å². The zero-order chi connectivity index (χ0) is 25.4. The van der Waals surface area contributed by atoms with Gasteiger partial charge in [0.2, 0.25) is 5.95 Å². The SMILES string of the molecule is CCNC(=O)N[C@H](C)c1ccccc1-c1cc(-c2cnc(NC(C)C)s2)nc(NCCN(C)C)n1. The number of rotatable bonds is 11. The molecule has 0 unspecified atom stereocenters. The smallest absolute Gasteiger partial charge is 0.315 e. The van der Waals surface area contributed by atoms with Gasteiger partial charge in [0.25, 0.3) is 0 Å². The van der Waals surface area contributed by atoms with Crippen molar-refractivity contribution in [1.82, 2.24) is 30.5 Å². The highest BCUT2D eigenvalue weighted by Gasteiger charge is 2.17. The average molecular weight is 497 g/mol. The standard InChI is InChI=1S/C25H36N8OS/c1-7-26-24(34)30-17(4)18-10-8-9-11-19(18)20-14-21(22-15-28-25(35-22)29-16(2)3)32-23(31-20)27-12-13-33(5)6/h8-11,14-17H,7,12-13H2,1-6H3,(H,28,29)(H2,26,30,34)(H,27,31,32)/t17-/m1/s1. The average Bonchev–Trinajstić information content (AvgIpc) is 3.26. The third-order valence-electron chi connectivity index (χ3n) is 5.13. The molecule has 0 bridgehead atoms. The first-order valence-corrected chi connectivity index (χ1v) is 12.7. The Kier molecular flexibility index (Phi) is 9.39. The highest BCUT2D eigenvalue weighted by Crippen LogP contribution is 2.33. The molecule has 10 heteroatoms. The molecule has 3 aromatic rings.